The smallest absolute Gasteiger partial charge is 0.128 e. The number of rotatable bonds is 40. The first-order chi connectivity index (χ1) is 24.2. The molecule has 0 saturated heterocycles. The third-order valence-electron chi connectivity index (χ3n) is 10.5. The normalized spacial score (nSPS) is 13.2. The van der Waals surface area contributed by atoms with E-state index in [-0.39, 0.29) is 17.2 Å². The summed E-state index contributed by atoms with van der Waals surface area (Å²) >= 11 is 0. The summed E-state index contributed by atoms with van der Waals surface area (Å²) < 4.78 is 17.6. The summed E-state index contributed by atoms with van der Waals surface area (Å²) in [5.41, 5.74) is 7.29. The topological polar surface area (TPSA) is 76.3 Å². The fourth-order valence-corrected chi connectivity index (χ4v) is 6.68. The van der Waals surface area contributed by atoms with Crippen molar-refractivity contribution in [3.8, 4) is 0 Å². The van der Waals surface area contributed by atoms with Gasteiger partial charge in [0.05, 0.1) is 17.7 Å². The molecule has 0 aromatic carbocycles. The molecule has 298 valence electrons. The fraction of sp³-hybridized carbons (Fsp3) is 0.977. The Bertz CT molecular complexity index is 714. The molecule has 0 heterocycles. The number of hydrogen-bond acceptors (Lipinski definition) is 6. The van der Waals surface area contributed by atoms with Crippen LogP contribution in [0.1, 0.15) is 221 Å². The Morgan fingerprint density at radius 3 is 1.38 bits per heavy atom. The lowest BCUT2D eigenvalue weighted by atomic mass is 9.94. The lowest BCUT2D eigenvalue weighted by molar-refractivity contribution is -0.0412. The fourth-order valence-electron chi connectivity index (χ4n) is 6.68. The molecule has 0 amide bonds. The summed E-state index contributed by atoms with van der Waals surface area (Å²) in [5.74, 6) is 0.611. The second-order valence-corrected chi connectivity index (χ2v) is 16.6. The van der Waals surface area contributed by atoms with Crippen molar-refractivity contribution in [2.75, 3.05) is 33.5 Å². The molecule has 1 N–H and O–H groups in total. The van der Waals surface area contributed by atoms with Crippen LogP contribution in [0.2, 0.25) is 0 Å². The first-order valence-electron chi connectivity index (χ1n) is 21.8. The van der Waals surface area contributed by atoms with Crippen molar-refractivity contribution in [3.63, 3.8) is 0 Å². The second-order valence-electron chi connectivity index (χ2n) is 16.6. The molecule has 50 heavy (non-hydrogen) atoms. The molecule has 0 aliphatic rings. The van der Waals surface area contributed by atoms with E-state index in [4.69, 9.17) is 24.7 Å². The Hall–Kier alpha value is -0.850. The van der Waals surface area contributed by atoms with Crippen LogP contribution in [-0.4, -0.2) is 56.9 Å². The predicted octanol–water partition coefficient (Wildman–Crippen LogP) is 14.3. The highest BCUT2D eigenvalue weighted by Crippen LogP contribution is 2.22. The SMILES string of the molecule is CCCCCCCCCCCCCCC(CCCCCCCCCCCCCC)COCC(C=NC(C)(C)CCOC(C)(C)CCOC)N=N. The first kappa shape index (κ1) is 49.1. The van der Waals surface area contributed by atoms with Crippen molar-refractivity contribution in [1.29, 1.82) is 5.53 Å². The van der Waals surface area contributed by atoms with Gasteiger partial charge >= 0.3 is 0 Å². The average molecular weight is 708 g/mol. The average Bonchev–Trinajstić information content (AvgIpc) is 3.09. The van der Waals surface area contributed by atoms with Crippen LogP contribution in [0.25, 0.3) is 0 Å². The standard InChI is InChI=1S/C44H89N3O3/c1-8-10-12-14-16-18-20-22-24-26-28-30-32-41(33-31-29-27-25-23-21-19-17-15-13-11-9-2)39-49-40-42(47-45)38-46-43(3,4)34-37-50-44(5,6)35-36-48-7/h38,41-42,45H,8-37,39-40H2,1-7H3. The molecular weight excluding hydrogens is 619 g/mol. The predicted molar refractivity (Wildman–Crippen MR) is 218 cm³/mol. The third kappa shape index (κ3) is 34.2. The monoisotopic (exact) mass is 708 g/mol. The van der Waals surface area contributed by atoms with E-state index in [0.29, 0.717) is 25.7 Å². The number of nitrogens with zero attached hydrogens (tertiary/aromatic N) is 2. The first-order valence-corrected chi connectivity index (χ1v) is 21.8. The van der Waals surface area contributed by atoms with Crippen molar-refractivity contribution in [3.05, 3.63) is 0 Å². The second kappa shape index (κ2) is 35.2. The van der Waals surface area contributed by atoms with Crippen LogP contribution in [0.5, 0.6) is 0 Å². The van der Waals surface area contributed by atoms with Gasteiger partial charge in [-0.3, -0.25) is 4.99 Å². The molecule has 0 rings (SSSR count). The molecular formula is C44H89N3O3. The third-order valence-corrected chi connectivity index (χ3v) is 10.5. The van der Waals surface area contributed by atoms with Crippen molar-refractivity contribution in [2.24, 2.45) is 16.0 Å². The van der Waals surface area contributed by atoms with Crippen LogP contribution in [-0.2, 0) is 14.2 Å². The Balaban J connectivity index is 4.54. The summed E-state index contributed by atoms with van der Waals surface area (Å²) in [4.78, 5) is 4.81. The number of unbranched alkanes of at least 4 members (excludes halogenated alkanes) is 22. The van der Waals surface area contributed by atoms with Gasteiger partial charge in [-0.05, 0) is 59.3 Å². The van der Waals surface area contributed by atoms with Gasteiger partial charge in [-0.25, -0.2) is 5.53 Å². The molecule has 1 unspecified atom stereocenters. The van der Waals surface area contributed by atoms with Crippen LogP contribution >= 0.6 is 0 Å². The summed E-state index contributed by atoms with van der Waals surface area (Å²) in [7, 11) is 1.73. The molecule has 0 aliphatic carbocycles. The molecule has 0 fully saturated rings. The van der Waals surface area contributed by atoms with E-state index in [9.17, 15) is 0 Å². The molecule has 0 bridgehead atoms. The highest BCUT2D eigenvalue weighted by Gasteiger charge is 2.22. The molecule has 0 saturated carbocycles. The Labute approximate surface area is 313 Å². The van der Waals surface area contributed by atoms with Crippen LogP contribution in [0.3, 0.4) is 0 Å². The summed E-state index contributed by atoms with van der Waals surface area (Å²) in [6.07, 6.45) is 39.5. The van der Waals surface area contributed by atoms with Gasteiger partial charge in [-0.1, -0.05) is 168 Å². The van der Waals surface area contributed by atoms with Gasteiger partial charge < -0.3 is 14.2 Å². The van der Waals surface area contributed by atoms with Crippen molar-refractivity contribution in [1.82, 2.24) is 0 Å². The molecule has 0 spiro atoms. The lowest BCUT2D eigenvalue weighted by Gasteiger charge is -2.27. The minimum atomic E-state index is -0.327. The van der Waals surface area contributed by atoms with Gasteiger partial charge in [-0.2, -0.15) is 5.11 Å². The van der Waals surface area contributed by atoms with Gasteiger partial charge in [0, 0.05) is 33.1 Å². The van der Waals surface area contributed by atoms with Crippen LogP contribution in [0.4, 0.5) is 0 Å². The largest absolute Gasteiger partial charge is 0.385 e. The zero-order chi connectivity index (χ0) is 37.0. The van der Waals surface area contributed by atoms with E-state index in [2.05, 4.69) is 46.7 Å². The van der Waals surface area contributed by atoms with E-state index in [1.807, 2.05) is 6.21 Å². The number of ether oxygens (including phenoxy) is 3. The van der Waals surface area contributed by atoms with Gasteiger partial charge in [0.25, 0.3) is 0 Å². The quantitative estimate of drug-likeness (QED) is 0.0391. The summed E-state index contributed by atoms with van der Waals surface area (Å²) in [5, 5.41) is 3.84. The molecule has 0 aromatic rings. The van der Waals surface area contributed by atoms with E-state index >= 15 is 0 Å². The van der Waals surface area contributed by atoms with Crippen molar-refractivity contribution in [2.45, 2.75) is 239 Å². The molecule has 0 radical (unpaired) electrons. The molecule has 6 nitrogen and oxygen atoms in total. The Morgan fingerprint density at radius 1 is 0.560 bits per heavy atom. The summed E-state index contributed by atoms with van der Waals surface area (Å²) in [6, 6.07) is -0.327. The van der Waals surface area contributed by atoms with Crippen molar-refractivity contribution < 1.29 is 14.2 Å². The van der Waals surface area contributed by atoms with E-state index in [1.165, 1.54) is 167 Å². The van der Waals surface area contributed by atoms with Gasteiger partial charge in [0.15, 0.2) is 0 Å². The van der Waals surface area contributed by atoms with E-state index in [1.54, 1.807) is 7.11 Å². The highest BCUT2D eigenvalue weighted by atomic mass is 16.5. The zero-order valence-electron chi connectivity index (χ0n) is 35.0. The maximum Gasteiger partial charge on any atom is 0.128 e. The van der Waals surface area contributed by atoms with Gasteiger partial charge in [-0.15, -0.1) is 0 Å². The van der Waals surface area contributed by atoms with Gasteiger partial charge in [0.1, 0.15) is 6.04 Å². The molecule has 0 aromatic heterocycles. The number of nitrogens with one attached hydrogen (secondary N) is 1. The highest BCUT2D eigenvalue weighted by molar-refractivity contribution is 5.65. The Kier molecular flexibility index (Phi) is 34.6. The lowest BCUT2D eigenvalue weighted by Crippen LogP contribution is -2.30. The number of aliphatic imine (C=N–C) groups is 1. The summed E-state index contributed by atoms with van der Waals surface area (Å²) in [6.45, 7) is 15.6. The molecule has 1 atom stereocenters. The number of methoxy groups -OCH3 is 1. The van der Waals surface area contributed by atoms with E-state index in [0.717, 1.165) is 19.4 Å². The minimum absolute atomic E-state index is 0.209. The Morgan fingerprint density at radius 2 is 0.980 bits per heavy atom. The van der Waals surface area contributed by atoms with E-state index < -0.39 is 0 Å². The van der Waals surface area contributed by atoms with Gasteiger partial charge in [0.2, 0.25) is 0 Å². The molecule has 6 heteroatoms. The van der Waals surface area contributed by atoms with Crippen LogP contribution in [0, 0.1) is 11.4 Å². The zero-order valence-corrected chi connectivity index (χ0v) is 35.0. The molecule has 0 aliphatic heterocycles. The van der Waals surface area contributed by atoms with Crippen LogP contribution < -0.4 is 0 Å². The number of hydrogen-bond donors (Lipinski definition) is 1. The maximum absolute atomic E-state index is 7.77. The van der Waals surface area contributed by atoms with Crippen molar-refractivity contribution >= 4 is 6.21 Å². The maximum atomic E-state index is 7.77. The van der Waals surface area contributed by atoms with Crippen LogP contribution in [0.15, 0.2) is 10.1 Å². The minimum Gasteiger partial charge on any atom is -0.385 e.